The zero-order chi connectivity index (χ0) is 15.0. The van der Waals surface area contributed by atoms with E-state index >= 15 is 0 Å². The van der Waals surface area contributed by atoms with E-state index in [9.17, 15) is 4.79 Å². The quantitative estimate of drug-likeness (QED) is 0.796. The first-order valence-electron chi connectivity index (χ1n) is 6.67. The van der Waals surface area contributed by atoms with Crippen LogP contribution >= 0.6 is 31.9 Å². The molecule has 3 N–H and O–H groups in total. The molecule has 1 unspecified atom stereocenters. The van der Waals surface area contributed by atoms with Crippen molar-refractivity contribution in [1.29, 1.82) is 0 Å². The zero-order valence-electron chi connectivity index (χ0n) is 11.2. The average Bonchev–Trinajstić information content (AvgIpc) is 2.45. The van der Waals surface area contributed by atoms with Crippen molar-refractivity contribution in [2.24, 2.45) is 5.73 Å². The molecule has 0 radical (unpaired) electrons. The summed E-state index contributed by atoms with van der Waals surface area (Å²) in [7, 11) is 0. The van der Waals surface area contributed by atoms with Crippen molar-refractivity contribution >= 4 is 37.8 Å². The molecule has 0 aliphatic carbocycles. The molecule has 3 rings (SSSR count). The fraction of sp³-hybridized carbons (Fsp3) is 0.188. The standard InChI is InChI=1S/C16H14Br2N2O/c17-12-5-11(6-13(18)8-12)15(19)10-2-1-9-3-4-20-16(21)14(9)7-10/h1-2,5-8,15H,3-4,19H2,(H,20,21). The van der Waals surface area contributed by atoms with E-state index in [2.05, 4.69) is 37.2 Å². The van der Waals surface area contributed by atoms with E-state index in [0.29, 0.717) is 6.54 Å². The first kappa shape index (κ1) is 14.8. The normalized spacial score (nSPS) is 15.3. The summed E-state index contributed by atoms with van der Waals surface area (Å²) in [5, 5.41) is 2.87. The number of halogens is 2. The van der Waals surface area contributed by atoms with Gasteiger partial charge in [0.15, 0.2) is 0 Å². The van der Waals surface area contributed by atoms with Crippen molar-refractivity contribution < 1.29 is 4.79 Å². The molecule has 1 aliphatic heterocycles. The van der Waals surface area contributed by atoms with E-state index in [1.165, 1.54) is 0 Å². The second-order valence-electron chi connectivity index (χ2n) is 5.10. The fourth-order valence-electron chi connectivity index (χ4n) is 2.57. The highest BCUT2D eigenvalue weighted by Gasteiger charge is 2.19. The number of carbonyl (C=O) groups excluding carboxylic acids is 1. The molecule has 21 heavy (non-hydrogen) atoms. The highest BCUT2D eigenvalue weighted by Crippen LogP contribution is 2.28. The topological polar surface area (TPSA) is 55.1 Å². The van der Waals surface area contributed by atoms with E-state index in [-0.39, 0.29) is 11.9 Å². The number of fused-ring (bicyclic) bond motifs is 1. The van der Waals surface area contributed by atoms with Crippen molar-refractivity contribution in [2.45, 2.75) is 12.5 Å². The molecule has 2 aromatic rings. The summed E-state index contributed by atoms with van der Waals surface area (Å²) < 4.78 is 1.94. The molecule has 108 valence electrons. The second-order valence-corrected chi connectivity index (χ2v) is 6.93. The van der Waals surface area contributed by atoms with Crippen molar-refractivity contribution in [1.82, 2.24) is 5.32 Å². The Morgan fingerprint density at radius 2 is 1.76 bits per heavy atom. The SMILES string of the molecule is NC(c1cc(Br)cc(Br)c1)c1ccc2c(c1)C(=O)NCC2. The molecule has 0 spiro atoms. The number of carbonyl (C=O) groups is 1. The van der Waals surface area contributed by atoms with Gasteiger partial charge in [-0.15, -0.1) is 0 Å². The summed E-state index contributed by atoms with van der Waals surface area (Å²) in [4.78, 5) is 11.9. The van der Waals surface area contributed by atoms with Gasteiger partial charge >= 0.3 is 0 Å². The molecule has 3 nitrogen and oxygen atoms in total. The smallest absolute Gasteiger partial charge is 0.251 e. The predicted octanol–water partition coefficient (Wildman–Crippen LogP) is 3.55. The Morgan fingerprint density at radius 1 is 1.05 bits per heavy atom. The van der Waals surface area contributed by atoms with Crippen LogP contribution in [0.3, 0.4) is 0 Å². The molecular weight excluding hydrogens is 396 g/mol. The highest BCUT2D eigenvalue weighted by atomic mass is 79.9. The van der Waals surface area contributed by atoms with Gasteiger partial charge in [-0.05, 0) is 47.4 Å². The lowest BCUT2D eigenvalue weighted by Gasteiger charge is -2.20. The van der Waals surface area contributed by atoms with Crippen LogP contribution in [0.2, 0.25) is 0 Å². The van der Waals surface area contributed by atoms with Gasteiger partial charge in [0.05, 0.1) is 6.04 Å². The van der Waals surface area contributed by atoms with Crippen molar-refractivity contribution in [3.63, 3.8) is 0 Å². The number of hydrogen-bond acceptors (Lipinski definition) is 2. The molecule has 1 atom stereocenters. The van der Waals surface area contributed by atoms with Crippen LogP contribution in [-0.4, -0.2) is 12.5 Å². The minimum Gasteiger partial charge on any atom is -0.352 e. The molecule has 1 amide bonds. The van der Waals surface area contributed by atoms with Crippen LogP contribution in [0, 0.1) is 0 Å². The van der Waals surface area contributed by atoms with Crippen LogP contribution in [0.1, 0.15) is 33.1 Å². The molecule has 0 aromatic heterocycles. The summed E-state index contributed by atoms with van der Waals surface area (Å²) in [5.41, 5.74) is 10.1. The maximum absolute atomic E-state index is 11.9. The minimum atomic E-state index is -0.265. The van der Waals surface area contributed by atoms with Gasteiger partial charge in [-0.2, -0.15) is 0 Å². The van der Waals surface area contributed by atoms with Gasteiger partial charge in [-0.1, -0.05) is 44.0 Å². The van der Waals surface area contributed by atoms with E-state index in [0.717, 1.165) is 37.6 Å². The van der Waals surface area contributed by atoms with Crippen LogP contribution in [-0.2, 0) is 6.42 Å². The van der Waals surface area contributed by atoms with Crippen molar-refractivity contribution in [3.05, 3.63) is 67.6 Å². The molecule has 2 aromatic carbocycles. The van der Waals surface area contributed by atoms with Crippen LogP contribution in [0.4, 0.5) is 0 Å². The lowest BCUT2D eigenvalue weighted by atomic mass is 9.93. The molecule has 1 heterocycles. The van der Waals surface area contributed by atoms with E-state index < -0.39 is 0 Å². The number of benzene rings is 2. The zero-order valence-corrected chi connectivity index (χ0v) is 14.4. The Morgan fingerprint density at radius 3 is 2.48 bits per heavy atom. The molecule has 0 saturated carbocycles. The number of rotatable bonds is 2. The largest absolute Gasteiger partial charge is 0.352 e. The van der Waals surface area contributed by atoms with Gasteiger partial charge in [0, 0.05) is 21.1 Å². The number of nitrogens with two attached hydrogens (primary N) is 1. The van der Waals surface area contributed by atoms with Crippen molar-refractivity contribution in [2.75, 3.05) is 6.54 Å². The Balaban J connectivity index is 2.00. The van der Waals surface area contributed by atoms with Gasteiger partial charge in [-0.3, -0.25) is 4.79 Å². The van der Waals surface area contributed by atoms with Gasteiger partial charge in [0.2, 0.25) is 0 Å². The Bertz CT molecular complexity index is 695. The monoisotopic (exact) mass is 408 g/mol. The van der Waals surface area contributed by atoms with Gasteiger partial charge in [0.1, 0.15) is 0 Å². The maximum Gasteiger partial charge on any atom is 0.251 e. The molecule has 0 fully saturated rings. The second kappa shape index (κ2) is 5.91. The van der Waals surface area contributed by atoms with Crippen LogP contribution in [0.15, 0.2) is 45.3 Å². The van der Waals surface area contributed by atoms with Crippen LogP contribution < -0.4 is 11.1 Å². The first-order chi connectivity index (χ1) is 10.0. The van der Waals surface area contributed by atoms with E-state index in [1.807, 2.05) is 36.4 Å². The molecular formula is C16H14Br2N2O. The van der Waals surface area contributed by atoms with Crippen LogP contribution in [0.25, 0.3) is 0 Å². The first-order valence-corrected chi connectivity index (χ1v) is 8.26. The van der Waals surface area contributed by atoms with Gasteiger partial charge in [0.25, 0.3) is 5.91 Å². The highest BCUT2D eigenvalue weighted by molar-refractivity contribution is 9.11. The third-order valence-corrected chi connectivity index (χ3v) is 4.58. The average molecular weight is 410 g/mol. The molecule has 5 heteroatoms. The number of hydrogen-bond donors (Lipinski definition) is 2. The van der Waals surface area contributed by atoms with E-state index in [1.54, 1.807) is 0 Å². The van der Waals surface area contributed by atoms with E-state index in [4.69, 9.17) is 5.73 Å². The predicted molar refractivity (Wildman–Crippen MR) is 90.4 cm³/mol. The lowest BCUT2D eigenvalue weighted by molar-refractivity contribution is 0.0946. The molecule has 1 aliphatic rings. The fourth-order valence-corrected chi connectivity index (χ4v) is 3.90. The number of amides is 1. The minimum absolute atomic E-state index is 0.0132. The third-order valence-electron chi connectivity index (χ3n) is 3.66. The number of nitrogens with one attached hydrogen (secondary N) is 1. The summed E-state index contributed by atoms with van der Waals surface area (Å²) in [6.07, 6.45) is 0.874. The van der Waals surface area contributed by atoms with Gasteiger partial charge in [-0.25, -0.2) is 0 Å². The lowest BCUT2D eigenvalue weighted by Crippen LogP contribution is -2.32. The summed E-state index contributed by atoms with van der Waals surface area (Å²) in [6, 6.07) is 11.6. The third kappa shape index (κ3) is 3.05. The Kier molecular flexibility index (Phi) is 4.15. The Hall–Kier alpha value is -1.17. The summed E-state index contributed by atoms with van der Waals surface area (Å²) >= 11 is 6.95. The summed E-state index contributed by atoms with van der Waals surface area (Å²) in [5.74, 6) is -0.0132. The van der Waals surface area contributed by atoms with Gasteiger partial charge < -0.3 is 11.1 Å². The molecule has 0 saturated heterocycles. The van der Waals surface area contributed by atoms with Crippen molar-refractivity contribution in [3.8, 4) is 0 Å². The van der Waals surface area contributed by atoms with Crippen LogP contribution in [0.5, 0.6) is 0 Å². The molecule has 0 bridgehead atoms. The summed E-state index contributed by atoms with van der Waals surface area (Å²) in [6.45, 7) is 0.704. The Labute approximate surface area is 140 Å². The maximum atomic E-state index is 11.9.